The Morgan fingerprint density at radius 3 is 2.75 bits per heavy atom. The Hall–Kier alpha value is -2.68. The number of rotatable bonds is 3. The maximum absolute atomic E-state index is 4.86. The second-order valence-corrected chi connectivity index (χ2v) is 6.23. The Balaban J connectivity index is 2.05. The van der Waals surface area contributed by atoms with E-state index in [-0.39, 0.29) is 0 Å². The van der Waals surface area contributed by atoms with Gasteiger partial charge >= 0.3 is 0 Å². The summed E-state index contributed by atoms with van der Waals surface area (Å²) in [5.74, 6) is 0.959. The molecule has 2 aromatic carbocycles. The third kappa shape index (κ3) is 2.37. The minimum atomic E-state index is 0.949. The summed E-state index contributed by atoms with van der Waals surface area (Å²) in [4.78, 5) is 11.9. The summed E-state index contributed by atoms with van der Waals surface area (Å²) < 4.78 is 0. The van der Waals surface area contributed by atoms with Gasteiger partial charge in [-0.3, -0.25) is 0 Å². The highest BCUT2D eigenvalue weighted by Crippen LogP contribution is 2.41. The molecule has 0 amide bonds. The maximum atomic E-state index is 4.86. The SMILES string of the molecule is CCCCN1c2ncccc2N=C(C)c2ccc3ccccc3c21. The van der Waals surface area contributed by atoms with Crippen molar-refractivity contribution in [2.45, 2.75) is 26.7 Å². The lowest BCUT2D eigenvalue weighted by Gasteiger charge is -2.26. The normalized spacial score (nSPS) is 13.2. The summed E-state index contributed by atoms with van der Waals surface area (Å²) in [5, 5.41) is 2.52. The van der Waals surface area contributed by atoms with Crippen LogP contribution >= 0.6 is 0 Å². The van der Waals surface area contributed by atoms with Crippen LogP contribution in [0.5, 0.6) is 0 Å². The van der Waals surface area contributed by atoms with E-state index in [9.17, 15) is 0 Å². The van der Waals surface area contributed by atoms with Gasteiger partial charge in [-0.05, 0) is 30.9 Å². The summed E-state index contributed by atoms with van der Waals surface area (Å²) in [7, 11) is 0. The molecule has 1 aromatic heterocycles. The van der Waals surface area contributed by atoms with Crippen LogP contribution in [0.1, 0.15) is 32.3 Å². The number of aliphatic imine (C=N–C) groups is 1. The van der Waals surface area contributed by atoms with Crippen molar-refractivity contribution in [3.8, 4) is 0 Å². The zero-order valence-electron chi connectivity index (χ0n) is 14.2. The van der Waals surface area contributed by atoms with E-state index in [1.54, 1.807) is 0 Å². The topological polar surface area (TPSA) is 28.5 Å². The van der Waals surface area contributed by atoms with Crippen LogP contribution in [-0.4, -0.2) is 17.2 Å². The predicted octanol–water partition coefficient (Wildman–Crippen LogP) is 5.63. The van der Waals surface area contributed by atoms with Crippen molar-refractivity contribution in [3.63, 3.8) is 0 Å². The molecule has 0 bridgehead atoms. The van der Waals surface area contributed by atoms with Crippen LogP contribution < -0.4 is 4.90 Å². The molecule has 3 nitrogen and oxygen atoms in total. The highest BCUT2D eigenvalue weighted by atomic mass is 15.2. The minimum Gasteiger partial charge on any atom is -0.323 e. The molecule has 0 N–H and O–H groups in total. The molecule has 0 saturated heterocycles. The lowest BCUT2D eigenvalue weighted by molar-refractivity contribution is 0.781. The van der Waals surface area contributed by atoms with Crippen molar-refractivity contribution < 1.29 is 0 Å². The molecule has 4 rings (SSSR count). The minimum absolute atomic E-state index is 0.949. The lowest BCUT2D eigenvalue weighted by atomic mass is 10.00. The van der Waals surface area contributed by atoms with Crippen LogP contribution in [0.15, 0.2) is 59.7 Å². The van der Waals surface area contributed by atoms with Crippen molar-refractivity contribution in [3.05, 3.63) is 60.3 Å². The van der Waals surface area contributed by atoms with Crippen LogP contribution in [0, 0.1) is 0 Å². The average Bonchev–Trinajstić information content (AvgIpc) is 2.74. The number of pyridine rings is 1. The zero-order chi connectivity index (χ0) is 16.5. The first-order valence-corrected chi connectivity index (χ1v) is 8.59. The van der Waals surface area contributed by atoms with Crippen molar-refractivity contribution in [2.24, 2.45) is 4.99 Å². The number of aromatic nitrogens is 1. The lowest BCUT2D eigenvalue weighted by Crippen LogP contribution is -2.21. The molecule has 0 aliphatic carbocycles. The molecule has 0 fully saturated rings. The maximum Gasteiger partial charge on any atom is 0.159 e. The Morgan fingerprint density at radius 2 is 1.88 bits per heavy atom. The van der Waals surface area contributed by atoms with E-state index in [1.807, 2.05) is 12.3 Å². The quantitative estimate of drug-likeness (QED) is 0.627. The van der Waals surface area contributed by atoms with E-state index < -0.39 is 0 Å². The van der Waals surface area contributed by atoms with Crippen molar-refractivity contribution >= 4 is 33.7 Å². The highest BCUT2D eigenvalue weighted by Gasteiger charge is 2.23. The Kier molecular flexibility index (Phi) is 3.77. The van der Waals surface area contributed by atoms with Crippen LogP contribution in [0.4, 0.5) is 17.2 Å². The van der Waals surface area contributed by atoms with Gasteiger partial charge in [-0.25, -0.2) is 9.98 Å². The van der Waals surface area contributed by atoms with Gasteiger partial charge < -0.3 is 4.90 Å². The van der Waals surface area contributed by atoms with Crippen LogP contribution in [-0.2, 0) is 0 Å². The molecule has 1 aliphatic rings. The number of unbranched alkanes of at least 4 members (excludes halogenated alkanes) is 1. The number of hydrogen-bond acceptors (Lipinski definition) is 3. The van der Waals surface area contributed by atoms with E-state index in [1.165, 1.54) is 22.0 Å². The summed E-state index contributed by atoms with van der Waals surface area (Å²) in [6, 6.07) is 17.0. The van der Waals surface area contributed by atoms with Gasteiger partial charge in [0.15, 0.2) is 5.82 Å². The predicted molar refractivity (Wildman–Crippen MR) is 102 cm³/mol. The summed E-state index contributed by atoms with van der Waals surface area (Å²) in [5.41, 5.74) is 4.43. The fourth-order valence-corrected chi connectivity index (χ4v) is 3.40. The van der Waals surface area contributed by atoms with Gasteiger partial charge in [-0.1, -0.05) is 49.7 Å². The molecule has 0 saturated carbocycles. The fourth-order valence-electron chi connectivity index (χ4n) is 3.40. The summed E-state index contributed by atoms with van der Waals surface area (Å²) in [6.45, 7) is 5.26. The standard InChI is InChI=1S/C21H21N3/c1-3-4-14-24-20-17(12-11-16-8-5-6-9-18(16)20)15(2)23-19-10-7-13-22-21(19)24/h5-13H,3-4,14H2,1-2H3. The van der Waals surface area contributed by atoms with E-state index in [0.717, 1.165) is 36.6 Å². The van der Waals surface area contributed by atoms with Gasteiger partial charge in [0.25, 0.3) is 0 Å². The van der Waals surface area contributed by atoms with Gasteiger partial charge in [0.2, 0.25) is 0 Å². The first-order chi connectivity index (χ1) is 11.8. The van der Waals surface area contributed by atoms with Gasteiger partial charge in [0.05, 0.1) is 5.69 Å². The summed E-state index contributed by atoms with van der Waals surface area (Å²) >= 11 is 0. The summed E-state index contributed by atoms with van der Waals surface area (Å²) in [6.07, 6.45) is 4.13. The van der Waals surface area contributed by atoms with Crippen LogP contribution in [0.2, 0.25) is 0 Å². The van der Waals surface area contributed by atoms with Crippen LogP contribution in [0.25, 0.3) is 10.8 Å². The van der Waals surface area contributed by atoms with Crippen LogP contribution in [0.3, 0.4) is 0 Å². The molecule has 0 spiro atoms. The first kappa shape index (κ1) is 14.9. The van der Waals surface area contributed by atoms with E-state index >= 15 is 0 Å². The third-order valence-corrected chi connectivity index (χ3v) is 4.61. The molecule has 3 aromatic rings. The number of hydrogen-bond donors (Lipinski definition) is 0. The van der Waals surface area contributed by atoms with Gasteiger partial charge in [0.1, 0.15) is 5.69 Å². The Morgan fingerprint density at radius 1 is 1.00 bits per heavy atom. The van der Waals surface area contributed by atoms with E-state index in [4.69, 9.17) is 4.99 Å². The molecule has 0 radical (unpaired) electrons. The smallest absolute Gasteiger partial charge is 0.159 e. The number of fused-ring (bicyclic) bond motifs is 4. The largest absolute Gasteiger partial charge is 0.323 e. The van der Waals surface area contributed by atoms with E-state index in [2.05, 4.69) is 66.2 Å². The second-order valence-electron chi connectivity index (χ2n) is 6.23. The van der Waals surface area contributed by atoms with Crippen molar-refractivity contribution in [1.82, 2.24) is 4.98 Å². The monoisotopic (exact) mass is 315 g/mol. The molecule has 120 valence electrons. The second kappa shape index (κ2) is 6.08. The number of benzene rings is 2. The average molecular weight is 315 g/mol. The molecule has 3 heteroatoms. The van der Waals surface area contributed by atoms with Gasteiger partial charge in [-0.2, -0.15) is 0 Å². The van der Waals surface area contributed by atoms with Crippen molar-refractivity contribution in [1.29, 1.82) is 0 Å². The molecule has 0 atom stereocenters. The molecule has 2 heterocycles. The molecular weight excluding hydrogens is 294 g/mol. The third-order valence-electron chi connectivity index (χ3n) is 4.61. The fraction of sp³-hybridized carbons (Fsp3) is 0.238. The number of anilines is 2. The molecular formula is C21H21N3. The van der Waals surface area contributed by atoms with E-state index in [0.29, 0.717) is 0 Å². The van der Waals surface area contributed by atoms with Gasteiger partial charge in [0, 0.05) is 29.4 Å². The molecule has 24 heavy (non-hydrogen) atoms. The highest BCUT2D eigenvalue weighted by molar-refractivity contribution is 6.14. The molecule has 0 unspecified atom stereocenters. The van der Waals surface area contributed by atoms with Crippen molar-refractivity contribution in [2.75, 3.05) is 11.4 Å². The Bertz CT molecular complexity index is 927. The number of nitrogens with zero attached hydrogens (tertiary/aromatic N) is 3. The van der Waals surface area contributed by atoms with Gasteiger partial charge in [-0.15, -0.1) is 0 Å². The first-order valence-electron chi connectivity index (χ1n) is 8.59. The molecule has 1 aliphatic heterocycles. The zero-order valence-corrected chi connectivity index (χ0v) is 14.2. The Labute approximate surface area is 142 Å².